The third kappa shape index (κ3) is 3.80. The summed E-state index contributed by atoms with van der Waals surface area (Å²) in [6.07, 6.45) is 0. The van der Waals surface area contributed by atoms with Gasteiger partial charge < -0.3 is 20.1 Å². The SMILES string of the molecule is C=C1NC(=S)N[C@@H](c2ccccc2)[C@@H]1C(=O)OCCOC. The maximum Gasteiger partial charge on any atom is 0.317 e. The summed E-state index contributed by atoms with van der Waals surface area (Å²) < 4.78 is 10.1. The van der Waals surface area contributed by atoms with E-state index in [4.69, 9.17) is 21.7 Å². The number of rotatable bonds is 5. The minimum absolute atomic E-state index is 0.213. The van der Waals surface area contributed by atoms with E-state index in [9.17, 15) is 4.79 Å². The number of nitrogens with one attached hydrogen (secondary N) is 2. The molecule has 0 aliphatic carbocycles. The average molecular weight is 306 g/mol. The first kappa shape index (κ1) is 15.5. The number of thiocarbonyl (C=S) groups is 1. The van der Waals surface area contributed by atoms with Crippen LogP contribution in [0.4, 0.5) is 0 Å². The fraction of sp³-hybridized carbons (Fsp3) is 0.333. The van der Waals surface area contributed by atoms with E-state index in [0.29, 0.717) is 17.4 Å². The van der Waals surface area contributed by atoms with Gasteiger partial charge in [0.15, 0.2) is 5.11 Å². The van der Waals surface area contributed by atoms with Crippen LogP contribution >= 0.6 is 12.2 Å². The molecule has 0 spiro atoms. The predicted octanol–water partition coefficient (Wildman–Crippen LogP) is 1.52. The molecule has 0 radical (unpaired) electrons. The highest BCUT2D eigenvalue weighted by Gasteiger charge is 2.37. The van der Waals surface area contributed by atoms with Crippen LogP contribution in [-0.2, 0) is 14.3 Å². The largest absolute Gasteiger partial charge is 0.463 e. The van der Waals surface area contributed by atoms with E-state index < -0.39 is 5.92 Å². The lowest BCUT2D eigenvalue weighted by molar-refractivity contribution is -0.149. The van der Waals surface area contributed by atoms with Gasteiger partial charge in [0, 0.05) is 12.8 Å². The maximum atomic E-state index is 12.3. The molecule has 2 atom stereocenters. The molecule has 0 amide bonds. The first-order valence-corrected chi connectivity index (χ1v) is 7.01. The van der Waals surface area contributed by atoms with Gasteiger partial charge in [-0.3, -0.25) is 4.79 Å². The molecule has 0 bridgehead atoms. The predicted molar refractivity (Wildman–Crippen MR) is 83.5 cm³/mol. The highest BCUT2D eigenvalue weighted by molar-refractivity contribution is 7.80. The van der Waals surface area contributed by atoms with E-state index in [0.717, 1.165) is 5.56 Å². The van der Waals surface area contributed by atoms with Crippen LogP contribution in [0.25, 0.3) is 0 Å². The Morgan fingerprint density at radius 1 is 1.33 bits per heavy atom. The lowest BCUT2D eigenvalue weighted by Gasteiger charge is -2.34. The smallest absolute Gasteiger partial charge is 0.317 e. The van der Waals surface area contributed by atoms with Crippen molar-refractivity contribution in [2.24, 2.45) is 5.92 Å². The summed E-state index contributed by atoms with van der Waals surface area (Å²) >= 11 is 5.15. The second-order valence-electron chi connectivity index (χ2n) is 4.65. The molecule has 112 valence electrons. The normalized spacial score (nSPS) is 21.4. The van der Waals surface area contributed by atoms with Gasteiger partial charge in [0.1, 0.15) is 12.5 Å². The molecular formula is C15H18N2O3S. The minimum Gasteiger partial charge on any atom is -0.463 e. The molecule has 1 saturated heterocycles. The Bertz CT molecular complexity index is 533. The van der Waals surface area contributed by atoms with Crippen molar-refractivity contribution in [1.29, 1.82) is 0 Å². The van der Waals surface area contributed by atoms with Crippen molar-refractivity contribution in [2.75, 3.05) is 20.3 Å². The van der Waals surface area contributed by atoms with Crippen LogP contribution in [0.3, 0.4) is 0 Å². The maximum absolute atomic E-state index is 12.3. The van der Waals surface area contributed by atoms with Gasteiger partial charge in [-0.05, 0) is 17.8 Å². The van der Waals surface area contributed by atoms with E-state index in [1.807, 2.05) is 30.3 Å². The number of carbonyl (C=O) groups is 1. The topological polar surface area (TPSA) is 59.6 Å². The molecule has 0 saturated carbocycles. The lowest BCUT2D eigenvalue weighted by atomic mass is 9.89. The average Bonchev–Trinajstić information content (AvgIpc) is 2.47. The summed E-state index contributed by atoms with van der Waals surface area (Å²) in [4.78, 5) is 12.3. The molecule has 1 fully saturated rings. The molecule has 0 unspecified atom stereocenters. The summed E-state index contributed by atoms with van der Waals surface area (Å²) in [6.45, 7) is 4.48. The van der Waals surface area contributed by atoms with E-state index >= 15 is 0 Å². The zero-order valence-corrected chi connectivity index (χ0v) is 12.6. The number of methoxy groups -OCH3 is 1. The Kier molecular flexibility index (Phi) is 5.30. The summed E-state index contributed by atoms with van der Waals surface area (Å²) in [5.41, 5.74) is 1.49. The Hall–Kier alpha value is -1.92. The number of hydrogen-bond donors (Lipinski definition) is 2. The third-order valence-corrected chi connectivity index (χ3v) is 3.43. The highest BCUT2D eigenvalue weighted by Crippen LogP contribution is 2.30. The van der Waals surface area contributed by atoms with Crippen LogP contribution in [0.5, 0.6) is 0 Å². The van der Waals surface area contributed by atoms with Crippen LogP contribution in [0.2, 0.25) is 0 Å². The van der Waals surface area contributed by atoms with Crippen LogP contribution in [0, 0.1) is 5.92 Å². The zero-order valence-electron chi connectivity index (χ0n) is 11.8. The Balaban J connectivity index is 2.19. The molecule has 1 aliphatic heterocycles. The standard InChI is InChI=1S/C15H18N2O3S/c1-10-12(14(18)20-9-8-19-2)13(17-15(21)16-10)11-6-4-3-5-7-11/h3-7,12-13H,1,8-9H2,2H3,(H2,16,17,21)/t12-,13+/m1/s1. The van der Waals surface area contributed by atoms with E-state index in [-0.39, 0.29) is 18.6 Å². The molecule has 2 N–H and O–H groups in total. The van der Waals surface area contributed by atoms with Crippen molar-refractivity contribution in [2.45, 2.75) is 6.04 Å². The van der Waals surface area contributed by atoms with Crippen molar-refractivity contribution in [3.63, 3.8) is 0 Å². The van der Waals surface area contributed by atoms with E-state index in [1.165, 1.54) is 0 Å². The molecular weight excluding hydrogens is 288 g/mol. The Morgan fingerprint density at radius 2 is 2.05 bits per heavy atom. The van der Waals surface area contributed by atoms with Crippen LogP contribution in [-0.4, -0.2) is 31.4 Å². The monoisotopic (exact) mass is 306 g/mol. The Morgan fingerprint density at radius 3 is 2.71 bits per heavy atom. The minimum atomic E-state index is -0.545. The highest BCUT2D eigenvalue weighted by atomic mass is 32.1. The fourth-order valence-electron chi connectivity index (χ4n) is 2.22. The van der Waals surface area contributed by atoms with Gasteiger partial charge in [-0.25, -0.2) is 0 Å². The summed E-state index contributed by atoms with van der Waals surface area (Å²) in [5.74, 6) is -0.899. The molecule has 21 heavy (non-hydrogen) atoms. The zero-order chi connectivity index (χ0) is 15.2. The molecule has 1 aromatic carbocycles. The molecule has 0 aromatic heterocycles. The third-order valence-electron chi connectivity index (χ3n) is 3.21. The molecule has 1 heterocycles. The molecule has 1 aromatic rings. The number of hydrogen-bond acceptors (Lipinski definition) is 4. The molecule has 1 aliphatic rings. The number of carbonyl (C=O) groups excluding carboxylic acids is 1. The van der Waals surface area contributed by atoms with E-state index in [1.54, 1.807) is 7.11 Å². The van der Waals surface area contributed by atoms with Gasteiger partial charge in [-0.1, -0.05) is 36.9 Å². The summed E-state index contributed by atoms with van der Waals surface area (Å²) in [7, 11) is 1.56. The fourth-order valence-corrected chi connectivity index (χ4v) is 2.47. The van der Waals surface area contributed by atoms with Crippen molar-refractivity contribution < 1.29 is 14.3 Å². The first-order valence-electron chi connectivity index (χ1n) is 6.60. The van der Waals surface area contributed by atoms with Gasteiger partial charge in [0.25, 0.3) is 0 Å². The molecule has 6 heteroatoms. The van der Waals surface area contributed by atoms with Crippen LogP contribution < -0.4 is 10.6 Å². The van der Waals surface area contributed by atoms with Gasteiger partial charge in [0.2, 0.25) is 0 Å². The van der Waals surface area contributed by atoms with E-state index in [2.05, 4.69) is 17.2 Å². The van der Waals surface area contributed by atoms with Crippen molar-refractivity contribution in [3.05, 3.63) is 48.2 Å². The number of esters is 1. The second kappa shape index (κ2) is 7.19. The number of ether oxygens (including phenoxy) is 2. The summed E-state index contributed by atoms with van der Waals surface area (Å²) in [5, 5.41) is 6.46. The van der Waals surface area contributed by atoms with Crippen LogP contribution in [0.1, 0.15) is 11.6 Å². The lowest BCUT2D eigenvalue weighted by Crippen LogP contribution is -2.51. The molecule has 5 nitrogen and oxygen atoms in total. The van der Waals surface area contributed by atoms with Crippen LogP contribution in [0.15, 0.2) is 42.6 Å². The molecule has 2 rings (SSSR count). The van der Waals surface area contributed by atoms with Gasteiger partial charge in [-0.2, -0.15) is 0 Å². The van der Waals surface area contributed by atoms with Gasteiger partial charge in [-0.15, -0.1) is 0 Å². The Labute approximate surface area is 129 Å². The second-order valence-corrected chi connectivity index (χ2v) is 5.06. The number of benzene rings is 1. The summed E-state index contributed by atoms with van der Waals surface area (Å²) in [6, 6.07) is 9.34. The van der Waals surface area contributed by atoms with Gasteiger partial charge >= 0.3 is 5.97 Å². The quantitative estimate of drug-likeness (QED) is 0.489. The van der Waals surface area contributed by atoms with Crippen molar-refractivity contribution in [1.82, 2.24) is 10.6 Å². The first-order chi connectivity index (χ1) is 10.1. The van der Waals surface area contributed by atoms with Crippen molar-refractivity contribution in [3.8, 4) is 0 Å². The van der Waals surface area contributed by atoms with Crippen molar-refractivity contribution >= 4 is 23.3 Å². The van der Waals surface area contributed by atoms with Gasteiger partial charge in [0.05, 0.1) is 12.6 Å².